The minimum Gasteiger partial charge on any atom is -0.397 e. The first-order valence-electron chi connectivity index (χ1n) is 6.07. The van der Waals surface area contributed by atoms with E-state index >= 15 is 0 Å². The first-order chi connectivity index (χ1) is 9.17. The van der Waals surface area contributed by atoms with Crippen molar-refractivity contribution in [1.82, 2.24) is 0 Å². The van der Waals surface area contributed by atoms with Gasteiger partial charge in [0.25, 0.3) is 0 Å². The van der Waals surface area contributed by atoms with Gasteiger partial charge in [-0.05, 0) is 31.0 Å². The van der Waals surface area contributed by atoms with Crippen molar-refractivity contribution in [2.75, 3.05) is 22.6 Å². The second kappa shape index (κ2) is 5.23. The molecule has 0 bridgehead atoms. The predicted octanol–water partition coefficient (Wildman–Crippen LogP) is -0.0947. The molecule has 1 aromatic rings. The zero-order valence-corrected chi connectivity index (χ0v) is 12.4. The van der Waals surface area contributed by atoms with Crippen molar-refractivity contribution in [1.29, 1.82) is 0 Å². The number of hydrogen-bond donors (Lipinski definition) is 3. The SMILES string of the molecule is Nc1ccc(S(N)(=O)=O)cc1NC1CCCS(=O)(=O)C1. The van der Waals surface area contributed by atoms with Crippen molar-refractivity contribution in [2.24, 2.45) is 5.14 Å². The highest BCUT2D eigenvalue weighted by atomic mass is 32.2. The molecule has 0 radical (unpaired) electrons. The summed E-state index contributed by atoms with van der Waals surface area (Å²) < 4.78 is 45.8. The lowest BCUT2D eigenvalue weighted by molar-refractivity contribution is 0.562. The van der Waals surface area contributed by atoms with E-state index in [0.717, 1.165) is 0 Å². The second-order valence-electron chi connectivity index (χ2n) is 4.89. The van der Waals surface area contributed by atoms with E-state index in [0.29, 0.717) is 24.2 Å². The van der Waals surface area contributed by atoms with Gasteiger partial charge >= 0.3 is 0 Å². The highest BCUT2D eigenvalue weighted by Gasteiger charge is 2.25. The van der Waals surface area contributed by atoms with Gasteiger partial charge in [-0.25, -0.2) is 22.0 Å². The molecule has 1 atom stereocenters. The summed E-state index contributed by atoms with van der Waals surface area (Å²) >= 11 is 0. The van der Waals surface area contributed by atoms with E-state index < -0.39 is 19.9 Å². The zero-order valence-electron chi connectivity index (χ0n) is 10.7. The molecule has 1 heterocycles. The number of rotatable bonds is 3. The molecule has 0 spiro atoms. The molecular weight excluding hydrogens is 302 g/mol. The number of anilines is 2. The summed E-state index contributed by atoms with van der Waals surface area (Å²) in [5.41, 5.74) is 6.51. The summed E-state index contributed by atoms with van der Waals surface area (Å²) in [5, 5.41) is 8.05. The molecule has 0 aromatic heterocycles. The van der Waals surface area contributed by atoms with Gasteiger partial charge in [-0.1, -0.05) is 0 Å². The number of primary sulfonamides is 1. The maximum atomic E-state index is 11.6. The maximum Gasteiger partial charge on any atom is 0.238 e. The Bertz CT molecular complexity index is 713. The predicted molar refractivity (Wildman–Crippen MR) is 77.5 cm³/mol. The third-order valence-corrected chi connectivity index (χ3v) is 5.91. The molecule has 1 unspecified atom stereocenters. The minimum absolute atomic E-state index is 0.0199. The summed E-state index contributed by atoms with van der Waals surface area (Å²) in [7, 11) is -6.87. The van der Waals surface area contributed by atoms with E-state index in [1.165, 1.54) is 18.2 Å². The van der Waals surface area contributed by atoms with Gasteiger partial charge in [-0.15, -0.1) is 0 Å². The Kier molecular flexibility index (Phi) is 3.94. The molecule has 1 aliphatic heterocycles. The van der Waals surface area contributed by atoms with Crippen molar-refractivity contribution in [3.05, 3.63) is 18.2 Å². The van der Waals surface area contributed by atoms with Crippen LogP contribution in [0.4, 0.5) is 11.4 Å². The maximum absolute atomic E-state index is 11.6. The molecule has 112 valence electrons. The molecule has 7 nitrogen and oxygen atoms in total. The molecule has 1 aromatic carbocycles. The average molecular weight is 319 g/mol. The number of benzene rings is 1. The lowest BCUT2D eigenvalue weighted by Crippen LogP contribution is -2.35. The fraction of sp³-hybridized carbons (Fsp3) is 0.455. The van der Waals surface area contributed by atoms with E-state index in [1.807, 2.05) is 0 Å². The first kappa shape index (κ1) is 15.1. The van der Waals surface area contributed by atoms with Crippen molar-refractivity contribution in [3.8, 4) is 0 Å². The fourth-order valence-electron chi connectivity index (χ4n) is 2.19. The van der Waals surface area contributed by atoms with Gasteiger partial charge in [0, 0.05) is 6.04 Å². The van der Waals surface area contributed by atoms with Gasteiger partial charge in [0.15, 0.2) is 9.84 Å². The Morgan fingerprint density at radius 3 is 2.60 bits per heavy atom. The number of nitrogens with two attached hydrogens (primary N) is 2. The minimum atomic E-state index is -3.82. The van der Waals surface area contributed by atoms with Crippen molar-refractivity contribution < 1.29 is 16.8 Å². The number of sulfone groups is 1. The van der Waals surface area contributed by atoms with E-state index in [2.05, 4.69) is 5.32 Å². The van der Waals surface area contributed by atoms with Gasteiger partial charge in [0.1, 0.15) is 0 Å². The monoisotopic (exact) mass is 319 g/mol. The van der Waals surface area contributed by atoms with Crippen LogP contribution in [-0.2, 0) is 19.9 Å². The van der Waals surface area contributed by atoms with Gasteiger partial charge in [-0.3, -0.25) is 0 Å². The van der Waals surface area contributed by atoms with Crippen LogP contribution in [0.3, 0.4) is 0 Å². The third kappa shape index (κ3) is 3.62. The van der Waals surface area contributed by atoms with E-state index in [9.17, 15) is 16.8 Å². The van der Waals surface area contributed by atoms with Gasteiger partial charge < -0.3 is 11.1 Å². The molecule has 0 amide bonds. The van der Waals surface area contributed by atoms with Crippen LogP contribution in [0, 0.1) is 0 Å². The summed E-state index contributed by atoms with van der Waals surface area (Å²) in [6.07, 6.45) is 1.27. The third-order valence-electron chi connectivity index (χ3n) is 3.18. The van der Waals surface area contributed by atoms with Crippen molar-refractivity contribution >= 4 is 31.2 Å². The van der Waals surface area contributed by atoms with Crippen LogP contribution in [-0.4, -0.2) is 34.4 Å². The molecule has 9 heteroatoms. The Hall–Kier alpha value is -1.32. The summed E-state index contributed by atoms with van der Waals surface area (Å²) in [5.74, 6) is 0.212. The average Bonchev–Trinajstić information content (AvgIpc) is 2.29. The van der Waals surface area contributed by atoms with Crippen molar-refractivity contribution in [2.45, 2.75) is 23.8 Å². The summed E-state index contributed by atoms with van der Waals surface area (Å²) in [6.45, 7) is 0. The number of sulfonamides is 1. The molecule has 20 heavy (non-hydrogen) atoms. The molecule has 1 aliphatic rings. The topological polar surface area (TPSA) is 132 Å². The van der Waals surface area contributed by atoms with Crippen LogP contribution in [0.25, 0.3) is 0 Å². The highest BCUT2D eigenvalue weighted by Crippen LogP contribution is 2.25. The number of hydrogen-bond acceptors (Lipinski definition) is 6. The van der Waals surface area contributed by atoms with Gasteiger partial charge in [0.05, 0.1) is 27.8 Å². The standard InChI is InChI=1S/C11H17N3O4S2/c12-10-4-3-9(20(13,17)18)6-11(10)14-8-2-1-5-19(15,16)7-8/h3-4,6,8,14H,1-2,5,7,12H2,(H2,13,17,18). The van der Waals surface area contributed by atoms with E-state index in [4.69, 9.17) is 10.9 Å². The van der Waals surface area contributed by atoms with Crippen LogP contribution < -0.4 is 16.2 Å². The highest BCUT2D eigenvalue weighted by molar-refractivity contribution is 7.91. The lowest BCUT2D eigenvalue weighted by atomic mass is 10.1. The fourth-order valence-corrected chi connectivity index (χ4v) is 4.37. The van der Waals surface area contributed by atoms with E-state index in [1.54, 1.807) is 0 Å². The van der Waals surface area contributed by atoms with Gasteiger partial charge in [0.2, 0.25) is 10.0 Å². The smallest absolute Gasteiger partial charge is 0.238 e. The molecule has 5 N–H and O–H groups in total. The second-order valence-corrected chi connectivity index (χ2v) is 8.68. The largest absolute Gasteiger partial charge is 0.397 e. The molecule has 1 fully saturated rings. The summed E-state index contributed by atoms with van der Waals surface area (Å²) in [6, 6.07) is 3.80. The molecule has 0 aliphatic carbocycles. The Morgan fingerprint density at radius 2 is 2.00 bits per heavy atom. The van der Waals surface area contributed by atoms with Crippen LogP contribution in [0.1, 0.15) is 12.8 Å². The van der Waals surface area contributed by atoms with E-state index in [-0.39, 0.29) is 22.4 Å². The number of nitrogens with one attached hydrogen (secondary N) is 1. The Labute approximate surface area is 118 Å². The Balaban J connectivity index is 2.25. The first-order valence-corrected chi connectivity index (χ1v) is 9.43. The normalized spacial score (nSPS) is 22.4. The lowest BCUT2D eigenvalue weighted by Gasteiger charge is -2.24. The number of nitrogen functional groups attached to an aromatic ring is 1. The molecule has 2 rings (SSSR count). The van der Waals surface area contributed by atoms with Crippen LogP contribution in [0.5, 0.6) is 0 Å². The summed E-state index contributed by atoms with van der Waals surface area (Å²) in [4.78, 5) is -0.0622. The molecular formula is C11H17N3O4S2. The Morgan fingerprint density at radius 1 is 1.30 bits per heavy atom. The van der Waals surface area contributed by atoms with Crippen LogP contribution in [0.2, 0.25) is 0 Å². The van der Waals surface area contributed by atoms with Crippen LogP contribution in [0.15, 0.2) is 23.1 Å². The van der Waals surface area contributed by atoms with Crippen LogP contribution >= 0.6 is 0 Å². The molecule has 1 saturated heterocycles. The zero-order chi connectivity index (χ0) is 15.0. The quantitative estimate of drug-likeness (QED) is 0.667. The van der Waals surface area contributed by atoms with Crippen molar-refractivity contribution in [3.63, 3.8) is 0 Å². The molecule has 0 saturated carbocycles. The van der Waals surface area contributed by atoms with Gasteiger partial charge in [-0.2, -0.15) is 0 Å².